The van der Waals surface area contributed by atoms with Gasteiger partial charge in [-0.05, 0) is 19.4 Å². The molecule has 1 aliphatic heterocycles. The van der Waals surface area contributed by atoms with Crippen molar-refractivity contribution in [2.75, 3.05) is 20.3 Å². The molecule has 68 valence electrons. The number of methoxy groups -OCH3 is 1. The lowest BCUT2D eigenvalue weighted by Crippen LogP contribution is -2.42. The van der Waals surface area contributed by atoms with Gasteiger partial charge in [0.15, 0.2) is 0 Å². The maximum Gasteiger partial charge on any atom is 0.0616 e. The quantitative estimate of drug-likeness (QED) is 0.638. The van der Waals surface area contributed by atoms with Gasteiger partial charge in [-0.2, -0.15) is 0 Å². The molecule has 0 aromatic carbocycles. The van der Waals surface area contributed by atoms with Crippen LogP contribution in [-0.4, -0.2) is 37.5 Å². The standard InChI is InChI=1S/C7H15NO2.ClH/c1-10-5-6-4-7(9)2-3-8-6;/h6-9H,2-5H2,1H3;1H. The molecule has 2 N–H and O–H groups in total. The molecule has 4 heteroatoms. The molecule has 1 saturated heterocycles. The fourth-order valence-corrected chi connectivity index (χ4v) is 1.31. The molecule has 0 aliphatic carbocycles. The van der Waals surface area contributed by atoms with E-state index in [1.807, 2.05) is 0 Å². The minimum Gasteiger partial charge on any atom is -0.393 e. The summed E-state index contributed by atoms with van der Waals surface area (Å²) in [5.74, 6) is 0. The number of piperidine rings is 1. The third kappa shape index (κ3) is 3.91. The van der Waals surface area contributed by atoms with Gasteiger partial charge in [0.2, 0.25) is 0 Å². The molecule has 0 saturated carbocycles. The molecule has 1 rings (SSSR count). The van der Waals surface area contributed by atoms with Crippen LogP contribution in [0.15, 0.2) is 0 Å². The van der Waals surface area contributed by atoms with Crippen molar-refractivity contribution in [2.45, 2.75) is 25.0 Å². The van der Waals surface area contributed by atoms with E-state index in [4.69, 9.17) is 4.74 Å². The fraction of sp³-hybridized carbons (Fsp3) is 1.00. The third-order valence-electron chi connectivity index (χ3n) is 1.84. The highest BCUT2D eigenvalue weighted by atomic mass is 35.5. The molecule has 2 atom stereocenters. The van der Waals surface area contributed by atoms with E-state index in [-0.39, 0.29) is 18.5 Å². The van der Waals surface area contributed by atoms with Gasteiger partial charge in [-0.3, -0.25) is 0 Å². The van der Waals surface area contributed by atoms with Crippen LogP contribution in [0.2, 0.25) is 0 Å². The van der Waals surface area contributed by atoms with Crippen LogP contribution < -0.4 is 5.32 Å². The van der Waals surface area contributed by atoms with Gasteiger partial charge in [-0.1, -0.05) is 0 Å². The van der Waals surface area contributed by atoms with Gasteiger partial charge >= 0.3 is 0 Å². The van der Waals surface area contributed by atoms with E-state index in [9.17, 15) is 5.11 Å². The van der Waals surface area contributed by atoms with Gasteiger partial charge < -0.3 is 15.2 Å². The number of aliphatic hydroxyl groups excluding tert-OH is 1. The van der Waals surface area contributed by atoms with Crippen LogP contribution in [-0.2, 0) is 4.74 Å². The lowest BCUT2D eigenvalue weighted by Gasteiger charge is -2.26. The third-order valence-corrected chi connectivity index (χ3v) is 1.84. The molecule has 2 unspecified atom stereocenters. The number of hydrogen-bond donors (Lipinski definition) is 2. The molecular formula is C7H16ClNO2. The lowest BCUT2D eigenvalue weighted by atomic mass is 10.0. The van der Waals surface area contributed by atoms with E-state index in [0.717, 1.165) is 19.4 Å². The Labute approximate surface area is 73.5 Å². The highest BCUT2D eigenvalue weighted by Crippen LogP contribution is 2.07. The molecule has 1 heterocycles. The van der Waals surface area contributed by atoms with E-state index in [1.54, 1.807) is 7.11 Å². The Bertz CT molecular complexity index is 100. The number of ether oxygens (including phenoxy) is 1. The minimum atomic E-state index is -0.124. The van der Waals surface area contributed by atoms with Gasteiger partial charge in [0.05, 0.1) is 12.7 Å². The van der Waals surface area contributed by atoms with Crippen LogP contribution in [0.3, 0.4) is 0 Å². The zero-order valence-electron chi connectivity index (χ0n) is 6.75. The Balaban J connectivity index is 0.000001000. The van der Waals surface area contributed by atoms with Crippen molar-refractivity contribution in [1.29, 1.82) is 0 Å². The van der Waals surface area contributed by atoms with E-state index in [2.05, 4.69) is 5.32 Å². The van der Waals surface area contributed by atoms with Gasteiger partial charge in [-0.15, -0.1) is 12.4 Å². The summed E-state index contributed by atoms with van der Waals surface area (Å²) in [6.07, 6.45) is 1.58. The summed E-state index contributed by atoms with van der Waals surface area (Å²) in [7, 11) is 1.68. The van der Waals surface area contributed by atoms with Crippen LogP contribution in [0.4, 0.5) is 0 Å². The van der Waals surface area contributed by atoms with Gasteiger partial charge in [-0.25, -0.2) is 0 Å². The van der Waals surface area contributed by atoms with E-state index < -0.39 is 0 Å². The van der Waals surface area contributed by atoms with Crippen LogP contribution in [0, 0.1) is 0 Å². The topological polar surface area (TPSA) is 41.5 Å². The summed E-state index contributed by atoms with van der Waals surface area (Å²) in [6, 6.07) is 0.355. The summed E-state index contributed by atoms with van der Waals surface area (Å²) in [5.41, 5.74) is 0. The summed E-state index contributed by atoms with van der Waals surface area (Å²) in [4.78, 5) is 0. The average Bonchev–Trinajstić information content (AvgIpc) is 1.88. The SMILES string of the molecule is COCC1CC(O)CCN1.Cl. The maximum absolute atomic E-state index is 9.21. The van der Waals surface area contributed by atoms with Crippen LogP contribution in [0.1, 0.15) is 12.8 Å². The summed E-state index contributed by atoms with van der Waals surface area (Å²) >= 11 is 0. The number of nitrogens with one attached hydrogen (secondary N) is 1. The molecule has 0 bridgehead atoms. The largest absolute Gasteiger partial charge is 0.393 e. The van der Waals surface area contributed by atoms with Crippen LogP contribution >= 0.6 is 12.4 Å². The second-order valence-corrected chi connectivity index (χ2v) is 2.78. The number of aliphatic hydroxyl groups is 1. The lowest BCUT2D eigenvalue weighted by molar-refractivity contribution is 0.0812. The van der Waals surface area contributed by atoms with E-state index in [0.29, 0.717) is 12.6 Å². The van der Waals surface area contributed by atoms with Crippen molar-refractivity contribution in [2.24, 2.45) is 0 Å². The highest BCUT2D eigenvalue weighted by molar-refractivity contribution is 5.85. The first-order valence-electron chi connectivity index (χ1n) is 3.73. The molecule has 0 spiro atoms. The number of halogens is 1. The van der Waals surface area contributed by atoms with Crippen molar-refractivity contribution in [1.82, 2.24) is 5.32 Å². The first kappa shape index (κ1) is 11.2. The van der Waals surface area contributed by atoms with Crippen molar-refractivity contribution in [3.05, 3.63) is 0 Å². The predicted molar refractivity (Wildman–Crippen MR) is 46.2 cm³/mol. The van der Waals surface area contributed by atoms with Gasteiger partial charge in [0, 0.05) is 13.2 Å². The normalized spacial score (nSPS) is 31.1. The number of rotatable bonds is 2. The maximum atomic E-state index is 9.21. The summed E-state index contributed by atoms with van der Waals surface area (Å²) in [5, 5.41) is 12.5. The van der Waals surface area contributed by atoms with Crippen molar-refractivity contribution in [3.8, 4) is 0 Å². The second kappa shape index (κ2) is 5.77. The molecule has 0 amide bonds. The zero-order valence-corrected chi connectivity index (χ0v) is 7.56. The monoisotopic (exact) mass is 181 g/mol. The molecule has 11 heavy (non-hydrogen) atoms. The second-order valence-electron chi connectivity index (χ2n) is 2.78. The molecule has 1 aliphatic rings. The van der Waals surface area contributed by atoms with E-state index >= 15 is 0 Å². The van der Waals surface area contributed by atoms with Crippen molar-refractivity contribution >= 4 is 12.4 Å². The van der Waals surface area contributed by atoms with Crippen LogP contribution in [0.25, 0.3) is 0 Å². The molecular weight excluding hydrogens is 166 g/mol. The highest BCUT2D eigenvalue weighted by Gasteiger charge is 2.18. The first-order valence-corrected chi connectivity index (χ1v) is 3.73. The average molecular weight is 182 g/mol. The van der Waals surface area contributed by atoms with Gasteiger partial charge in [0.1, 0.15) is 0 Å². The Hall–Kier alpha value is 0.170. The molecule has 0 aromatic heterocycles. The van der Waals surface area contributed by atoms with Gasteiger partial charge in [0.25, 0.3) is 0 Å². The molecule has 0 aromatic rings. The first-order chi connectivity index (χ1) is 4.83. The summed E-state index contributed by atoms with van der Waals surface area (Å²) < 4.78 is 4.96. The van der Waals surface area contributed by atoms with Crippen molar-refractivity contribution in [3.63, 3.8) is 0 Å². The summed E-state index contributed by atoms with van der Waals surface area (Å²) in [6.45, 7) is 1.62. The molecule has 3 nitrogen and oxygen atoms in total. The predicted octanol–water partition coefficient (Wildman–Crippen LogP) is 0.168. The Morgan fingerprint density at radius 3 is 2.91 bits per heavy atom. The minimum absolute atomic E-state index is 0. The Morgan fingerprint density at radius 2 is 2.36 bits per heavy atom. The molecule has 1 fully saturated rings. The van der Waals surface area contributed by atoms with Crippen LogP contribution in [0.5, 0.6) is 0 Å². The Morgan fingerprint density at radius 1 is 1.64 bits per heavy atom. The Kier molecular flexibility index (Phi) is 5.86. The number of hydrogen-bond acceptors (Lipinski definition) is 3. The van der Waals surface area contributed by atoms with Crippen molar-refractivity contribution < 1.29 is 9.84 Å². The van der Waals surface area contributed by atoms with E-state index in [1.165, 1.54) is 0 Å². The zero-order chi connectivity index (χ0) is 7.40. The fourth-order valence-electron chi connectivity index (χ4n) is 1.31. The molecule has 0 radical (unpaired) electrons. The smallest absolute Gasteiger partial charge is 0.0616 e.